The molecule has 15 heavy (non-hydrogen) atoms. The van der Waals surface area contributed by atoms with Gasteiger partial charge in [0.25, 0.3) is 0 Å². The van der Waals surface area contributed by atoms with Crippen LogP contribution in [-0.2, 0) is 0 Å². The molecule has 0 saturated heterocycles. The van der Waals surface area contributed by atoms with Crippen LogP contribution in [0.4, 0.5) is 5.13 Å². The molecule has 1 aromatic heterocycles. The average molecular weight is 292 g/mol. The van der Waals surface area contributed by atoms with Gasteiger partial charge in [-0.25, -0.2) is 4.98 Å². The minimum atomic E-state index is 0.0633. The molecule has 1 aromatic rings. The Morgan fingerprint density at radius 2 is 2.07 bits per heavy atom. The van der Waals surface area contributed by atoms with Crippen molar-refractivity contribution in [3.8, 4) is 0 Å². The van der Waals surface area contributed by atoms with Gasteiger partial charge in [-0.05, 0) is 13.8 Å². The monoisotopic (exact) mass is 291 g/mol. The largest absolute Gasteiger partial charge is 0.344 e. The standard InChI is InChI=1S/C10H18BrN3S/c1-7(2)8-12-9(15-13-8)14(5)10(3,4)6-11/h7H,6H2,1-5H3. The number of hydrogen-bond acceptors (Lipinski definition) is 4. The van der Waals surface area contributed by atoms with Gasteiger partial charge in [-0.2, -0.15) is 4.37 Å². The fourth-order valence-electron chi connectivity index (χ4n) is 0.946. The van der Waals surface area contributed by atoms with E-state index in [9.17, 15) is 0 Å². The van der Waals surface area contributed by atoms with Gasteiger partial charge in [0.2, 0.25) is 5.13 Å². The third-order valence-corrected chi connectivity index (χ3v) is 4.65. The minimum Gasteiger partial charge on any atom is -0.344 e. The first-order valence-electron chi connectivity index (χ1n) is 5.02. The van der Waals surface area contributed by atoms with E-state index in [0.29, 0.717) is 5.92 Å². The van der Waals surface area contributed by atoms with Crippen molar-refractivity contribution in [2.45, 2.75) is 39.2 Å². The molecule has 0 spiro atoms. The highest BCUT2D eigenvalue weighted by Gasteiger charge is 2.25. The van der Waals surface area contributed by atoms with Crippen molar-refractivity contribution in [2.24, 2.45) is 0 Å². The molecule has 1 heterocycles. The molecule has 0 aromatic carbocycles. The highest BCUT2D eigenvalue weighted by molar-refractivity contribution is 9.09. The summed E-state index contributed by atoms with van der Waals surface area (Å²) in [5, 5.41) is 1.90. The zero-order chi connectivity index (χ0) is 11.6. The van der Waals surface area contributed by atoms with E-state index in [0.717, 1.165) is 16.3 Å². The van der Waals surface area contributed by atoms with Gasteiger partial charge in [0, 0.05) is 35.4 Å². The van der Waals surface area contributed by atoms with Crippen LogP contribution in [0, 0.1) is 0 Å². The first-order chi connectivity index (χ1) is 6.88. The molecule has 0 unspecified atom stereocenters. The van der Waals surface area contributed by atoms with E-state index < -0.39 is 0 Å². The molecule has 0 N–H and O–H groups in total. The van der Waals surface area contributed by atoms with E-state index in [1.807, 2.05) is 0 Å². The second-order valence-corrected chi connectivity index (χ2v) is 5.89. The van der Waals surface area contributed by atoms with Gasteiger partial charge in [0.15, 0.2) is 0 Å². The Kier molecular flexibility index (Phi) is 4.12. The molecule has 0 amide bonds. The van der Waals surface area contributed by atoms with Crippen LogP contribution in [0.1, 0.15) is 39.4 Å². The summed E-state index contributed by atoms with van der Waals surface area (Å²) in [6, 6.07) is 0. The summed E-state index contributed by atoms with van der Waals surface area (Å²) in [5.41, 5.74) is 0.0633. The fraction of sp³-hybridized carbons (Fsp3) is 0.800. The van der Waals surface area contributed by atoms with Crippen LogP contribution in [0.2, 0.25) is 0 Å². The maximum Gasteiger partial charge on any atom is 0.205 e. The molecule has 5 heteroatoms. The quantitative estimate of drug-likeness (QED) is 0.798. The van der Waals surface area contributed by atoms with E-state index in [2.05, 4.69) is 64.9 Å². The molecule has 0 aliphatic carbocycles. The highest BCUT2D eigenvalue weighted by Crippen LogP contribution is 2.26. The predicted octanol–water partition coefficient (Wildman–Crippen LogP) is 3.27. The van der Waals surface area contributed by atoms with Gasteiger partial charge in [-0.3, -0.25) is 0 Å². The first-order valence-corrected chi connectivity index (χ1v) is 6.91. The Labute approximate surface area is 104 Å². The number of nitrogens with zero attached hydrogens (tertiary/aromatic N) is 3. The van der Waals surface area contributed by atoms with Gasteiger partial charge in [-0.15, -0.1) is 0 Å². The Morgan fingerprint density at radius 1 is 1.47 bits per heavy atom. The second-order valence-electron chi connectivity index (χ2n) is 4.59. The lowest BCUT2D eigenvalue weighted by Crippen LogP contribution is -2.42. The van der Waals surface area contributed by atoms with Gasteiger partial charge >= 0.3 is 0 Å². The number of alkyl halides is 1. The first kappa shape index (κ1) is 12.9. The van der Waals surface area contributed by atoms with Crippen LogP contribution in [0.5, 0.6) is 0 Å². The molecule has 0 aliphatic heterocycles. The van der Waals surface area contributed by atoms with Crippen LogP contribution in [0.3, 0.4) is 0 Å². The number of halogens is 1. The molecule has 0 fully saturated rings. The maximum absolute atomic E-state index is 4.54. The Hall–Kier alpha value is -0.160. The van der Waals surface area contributed by atoms with E-state index >= 15 is 0 Å². The van der Waals surface area contributed by atoms with Crippen molar-refractivity contribution >= 4 is 32.6 Å². The van der Waals surface area contributed by atoms with Crippen LogP contribution in [0.15, 0.2) is 0 Å². The SMILES string of the molecule is CC(C)c1nsc(N(C)C(C)(C)CBr)n1. The van der Waals surface area contributed by atoms with Crippen molar-refractivity contribution in [1.29, 1.82) is 0 Å². The zero-order valence-electron chi connectivity index (χ0n) is 9.91. The lowest BCUT2D eigenvalue weighted by atomic mass is 10.1. The summed E-state index contributed by atoms with van der Waals surface area (Å²) < 4.78 is 4.36. The second kappa shape index (κ2) is 4.78. The summed E-state index contributed by atoms with van der Waals surface area (Å²) >= 11 is 4.99. The summed E-state index contributed by atoms with van der Waals surface area (Å²) in [6.07, 6.45) is 0. The van der Waals surface area contributed by atoms with E-state index in [1.165, 1.54) is 11.5 Å². The molecular formula is C10H18BrN3S. The van der Waals surface area contributed by atoms with E-state index in [4.69, 9.17) is 0 Å². The molecular weight excluding hydrogens is 274 g/mol. The van der Waals surface area contributed by atoms with Crippen molar-refractivity contribution < 1.29 is 0 Å². The Morgan fingerprint density at radius 3 is 2.47 bits per heavy atom. The fourth-order valence-corrected chi connectivity index (χ4v) is 2.25. The number of rotatable bonds is 4. The van der Waals surface area contributed by atoms with E-state index in [-0.39, 0.29) is 5.54 Å². The lowest BCUT2D eigenvalue weighted by Gasteiger charge is -2.33. The van der Waals surface area contributed by atoms with E-state index in [1.54, 1.807) is 0 Å². The third kappa shape index (κ3) is 2.91. The van der Waals surface area contributed by atoms with Crippen LogP contribution < -0.4 is 4.90 Å². The molecule has 86 valence electrons. The summed E-state index contributed by atoms with van der Waals surface area (Å²) in [5.74, 6) is 1.34. The molecule has 0 saturated carbocycles. The van der Waals surface area contributed by atoms with Crippen molar-refractivity contribution in [3.63, 3.8) is 0 Å². The van der Waals surface area contributed by atoms with Crippen molar-refractivity contribution in [1.82, 2.24) is 9.36 Å². The molecule has 0 bridgehead atoms. The molecule has 0 radical (unpaired) electrons. The number of aromatic nitrogens is 2. The van der Waals surface area contributed by atoms with Crippen molar-refractivity contribution in [2.75, 3.05) is 17.3 Å². The number of hydrogen-bond donors (Lipinski definition) is 0. The summed E-state index contributed by atoms with van der Waals surface area (Å²) in [7, 11) is 2.06. The van der Waals surface area contributed by atoms with Crippen LogP contribution in [0.25, 0.3) is 0 Å². The van der Waals surface area contributed by atoms with Gasteiger partial charge in [0.1, 0.15) is 5.82 Å². The van der Waals surface area contributed by atoms with Crippen molar-refractivity contribution in [3.05, 3.63) is 5.82 Å². The molecule has 3 nitrogen and oxygen atoms in total. The molecule has 0 atom stereocenters. The number of anilines is 1. The Bertz CT molecular complexity index is 322. The van der Waals surface area contributed by atoms with Crippen LogP contribution >= 0.6 is 27.5 Å². The smallest absolute Gasteiger partial charge is 0.205 e. The van der Waals surface area contributed by atoms with Gasteiger partial charge in [-0.1, -0.05) is 29.8 Å². The highest BCUT2D eigenvalue weighted by atomic mass is 79.9. The van der Waals surface area contributed by atoms with Crippen LogP contribution in [-0.4, -0.2) is 27.3 Å². The Balaban J connectivity index is 2.87. The summed E-state index contributed by atoms with van der Waals surface area (Å²) in [4.78, 5) is 6.71. The maximum atomic E-state index is 4.54. The third-order valence-electron chi connectivity index (χ3n) is 2.47. The minimum absolute atomic E-state index is 0.0633. The normalized spacial score (nSPS) is 12.2. The average Bonchev–Trinajstić information content (AvgIpc) is 2.65. The predicted molar refractivity (Wildman–Crippen MR) is 70.3 cm³/mol. The summed E-state index contributed by atoms with van der Waals surface area (Å²) in [6.45, 7) is 8.58. The van der Waals surface area contributed by atoms with Gasteiger partial charge in [0.05, 0.1) is 0 Å². The van der Waals surface area contributed by atoms with Gasteiger partial charge < -0.3 is 4.90 Å². The molecule has 1 rings (SSSR count). The molecule has 0 aliphatic rings. The topological polar surface area (TPSA) is 29.0 Å². The lowest BCUT2D eigenvalue weighted by molar-refractivity contribution is 0.550. The zero-order valence-corrected chi connectivity index (χ0v) is 12.3.